The zero-order chi connectivity index (χ0) is 37.1. The number of hydrogen-bond donors (Lipinski definition) is 4. The van der Waals surface area contributed by atoms with Gasteiger partial charge in [0, 0.05) is 72.1 Å². The monoisotopic (exact) mass is 718 g/mol. The van der Waals surface area contributed by atoms with E-state index in [1.54, 1.807) is 17.0 Å². The molecule has 1 aromatic heterocycles. The highest BCUT2D eigenvalue weighted by Gasteiger charge is 2.35. The van der Waals surface area contributed by atoms with Gasteiger partial charge in [-0.1, -0.05) is 56.3 Å². The number of allylic oxidation sites excluding steroid dienone is 4. The minimum absolute atomic E-state index is 0.165. The summed E-state index contributed by atoms with van der Waals surface area (Å²) < 4.78 is 50.1. The minimum atomic E-state index is -4.49. The second kappa shape index (κ2) is 21.2. The average Bonchev–Trinajstić information content (AvgIpc) is 3.14. The van der Waals surface area contributed by atoms with Crippen molar-refractivity contribution in [2.24, 2.45) is 5.73 Å². The van der Waals surface area contributed by atoms with Crippen LogP contribution in [0.2, 0.25) is 0 Å². The molecule has 4 aromatic rings. The maximum absolute atomic E-state index is 13.9. The fourth-order valence-electron chi connectivity index (χ4n) is 4.88. The average molecular weight is 719 g/mol. The molecule has 3 aromatic carbocycles. The third-order valence-electron chi connectivity index (χ3n) is 7.43. The summed E-state index contributed by atoms with van der Waals surface area (Å²) in [5.41, 5.74) is 7.79. The second-order valence-corrected chi connectivity index (χ2v) is 11.8. The van der Waals surface area contributed by atoms with E-state index in [0.29, 0.717) is 32.0 Å². The van der Waals surface area contributed by atoms with E-state index >= 15 is 0 Å². The molecule has 0 bridgehead atoms. The molecule has 13 heteroatoms. The van der Waals surface area contributed by atoms with Crippen LogP contribution in [0.5, 0.6) is 0 Å². The van der Waals surface area contributed by atoms with Gasteiger partial charge in [0.1, 0.15) is 5.82 Å². The highest BCUT2D eigenvalue weighted by Crippen LogP contribution is 2.39. The van der Waals surface area contributed by atoms with Crippen molar-refractivity contribution in [3.8, 4) is 6.07 Å². The summed E-state index contributed by atoms with van der Waals surface area (Å²) in [4.78, 5) is 13.2. The van der Waals surface area contributed by atoms with Gasteiger partial charge in [-0.15, -0.1) is 0 Å². The van der Waals surface area contributed by atoms with Crippen LogP contribution in [0, 0.1) is 11.3 Å². The molecule has 0 saturated carbocycles. The molecule has 1 aliphatic heterocycles. The van der Waals surface area contributed by atoms with Crippen molar-refractivity contribution in [1.29, 1.82) is 5.26 Å². The van der Waals surface area contributed by atoms with Gasteiger partial charge >= 0.3 is 6.18 Å². The Balaban J connectivity index is 0.000000337. The van der Waals surface area contributed by atoms with Crippen LogP contribution < -0.4 is 21.3 Å². The maximum Gasteiger partial charge on any atom is 0.418 e. The fourth-order valence-corrected chi connectivity index (χ4v) is 5.16. The fraction of sp³-hybridized carbons (Fsp3) is 0.289. The van der Waals surface area contributed by atoms with Gasteiger partial charge in [-0.2, -0.15) is 23.4 Å². The number of alkyl halides is 3. The van der Waals surface area contributed by atoms with Gasteiger partial charge in [-0.3, -0.25) is 0 Å². The Bertz CT molecular complexity index is 1740. The van der Waals surface area contributed by atoms with E-state index in [1.165, 1.54) is 12.3 Å². The number of nitriles is 1. The van der Waals surface area contributed by atoms with E-state index < -0.39 is 11.7 Å². The molecule has 1 saturated heterocycles. The molecule has 0 amide bonds. The number of likely N-dealkylation sites (N-methyl/N-ethyl adjacent to an activating group) is 1. The molecule has 1 aliphatic carbocycles. The van der Waals surface area contributed by atoms with Crippen LogP contribution in [0.4, 0.5) is 42.0 Å². The molecule has 0 unspecified atom stereocenters. The smallest absolute Gasteiger partial charge is 0.402 e. The molecule has 6 rings (SSSR count). The molecular weight excluding hydrogens is 674 g/mol. The molecule has 9 nitrogen and oxygen atoms in total. The van der Waals surface area contributed by atoms with Crippen LogP contribution in [0.1, 0.15) is 37.8 Å². The van der Waals surface area contributed by atoms with E-state index in [9.17, 15) is 13.2 Å². The molecule has 0 radical (unpaired) electrons. The van der Waals surface area contributed by atoms with Crippen molar-refractivity contribution >= 4 is 40.9 Å². The third-order valence-corrected chi connectivity index (χ3v) is 7.92. The standard InChI is InChI=1S/C24H24F3N7.C6H9N.C6H6OS.C2H6/c1-33-11-13-34(14-12-33)21-6-5-19(16-20(21)24(25,26)27)31-23-29-10-8-22(32-23)30-18-4-2-3-17(15-18)7-9-28;7-6-4-2-1-3-5-6;7-8-6-4-2-1-3-5-6;1-2/h2-6,8,10,15-16H,7,11-14H2,1H3,(H2,29,30,31,32);1-2,4H,3,5,7H2;1-5,7H;1-2H3. The van der Waals surface area contributed by atoms with Crippen molar-refractivity contribution in [3.63, 3.8) is 0 Å². The van der Waals surface area contributed by atoms with Crippen LogP contribution in [0.15, 0.2) is 114 Å². The lowest BCUT2D eigenvalue weighted by molar-refractivity contribution is -0.137. The molecule has 1 fully saturated rings. The van der Waals surface area contributed by atoms with Crippen molar-refractivity contribution in [3.05, 3.63) is 120 Å². The molecule has 0 spiro atoms. The third kappa shape index (κ3) is 14.0. The Labute approximate surface area is 302 Å². The summed E-state index contributed by atoms with van der Waals surface area (Å²) in [5, 5.41) is 14.9. The molecule has 5 N–H and O–H groups in total. The maximum atomic E-state index is 13.9. The predicted octanol–water partition coefficient (Wildman–Crippen LogP) is 9.26. The van der Waals surface area contributed by atoms with Crippen LogP contribution in [0.25, 0.3) is 0 Å². The van der Waals surface area contributed by atoms with Crippen molar-refractivity contribution in [1.82, 2.24) is 14.9 Å². The lowest BCUT2D eigenvalue weighted by Gasteiger charge is -2.35. The van der Waals surface area contributed by atoms with Gasteiger partial charge in [0.2, 0.25) is 5.95 Å². The van der Waals surface area contributed by atoms with Gasteiger partial charge in [0.15, 0.2) is 0 Å². The highest BCUT2D eigenvalue weighted by atomic mass is 32.2. The summed E-state index contributed by atoms with van der Waals surface area (Å²) in [5.74, 6) is 0.635. The summed E-state index contributed by atoms with van der Waals surface area (Å²) in [7, 11) is 1.96. The Hall–Kier alpha value is -5.03. The van der Waals surface area contributed by atoms with E-state index in [2.05, 4.69) is 37.6 Å². The molecular formula is C38H45F3N8OS. The number of benzene rings is 3. The van der Waals surface area contributed by atoms with Gasteiger partial charge in [-0.25, -0.2) is 4.98 Å². The number of rotatable bonds is 7. The Kier molecular flexibility index (Phi) is 16.8. The van der Waals surface area contributed by atoms with Crippen LogP contribution in [-0.2, 0) is 12.6 Å². The SMILES string of the molecule is CC.CN1CCN(c2ccc(Nc3nccc(Nc4cccc(CC#N)c4)n3)cc2C(F)(F)F)CC1.NC1=CC=CCC1.OSc1ccccc1. The quantitative estimate of drug-likeness (QED) is 0.137. The van der Waals surface area contributed by atoms with Crippen LogP contribution in [-0.4, -0.2) is 52.6 Å². The summed E-state index contributed by atoms with van der Waals surface area (Å²) in [6.07, 6.45) is 5.53. The number of nitrogens with two attached hydrogens (primary N) is 1. The predicted molar refractivity (Wildman–Crippen MR) is 202 cm³/mol. The number of nitrogens with one attached hydrogen (secondary N) is 2. The Morgan fingerprint density at radius 2 is 1.67 bits per heavy atom. The van der Waals surface area contributed by atoms with E-state index in [0.717, 1.165) is 52.8 Å². The second-order valence-electron chi connectivity index (χ2n) is 11.2. The Morgan fingerprint density at radius 3 is 2.25 bits per heavy atom. The lowest BCUT2D eigenvalue weighted by atomic mass is 10.1. The number of halogens is 3. The zero-order valence-corrected chi connectivity index (χ0v) is 29.9. The molecule has 0 atom stereocenters. The van der Waals surface area contributed by atoms with Crippen molar-refractivity contribution in [2.45, 2.75) is 44.2 Å². The van der Waals surface area contributed by atoms with Crippen LogP contribution >= 0.6 is 12.0 Å². The first-order valence-corrected chi connectivity index (χ1v) is 17.4. The topological polar surface area (TPSA) is 126 Å². The number of nitrogens with zero attached hydrogens (tertiary/aromatic N) is 5. The lowest BCUT2D eigenvalue weighted by Crippen LogP contribution is -2.45. The van der Waals surface area contributed by atoms with Gasteiger partial charge in [0.25, 0.3) is 0 Å². The summed E-state index contributed by atoms with van der Waals surface area (Å²) >= 11 is 0.769. The summed E-state index contributed by atoms with van der Waals surface area (Å²) in [6.45, 7) is 6.51. The molecule has 270 valence electrons. The first-order valence-electron chi connectivity index (χ1n) is 16.6. The molecule has 51 heavy (non-hydrogen) atoms. The van der Waals surface area contributed by atoms with Crippen molar-refractivity contribution in [2.75, 3.05) is 48.8 Å². The van der Waals surface area contributed by atoms with E-state index in [-0.39, 0.29) is 23.7 Å². The number of anilines is 5. The zero-order valence-electron chi connectivity index (χ0n) is 29.1. The minimum Gasteiger partial charge on any atom is -0.402 e. The summed E-state index contributed by atoms with van der Waals surface area (Å²) in [6, 6.07) is 24.7. The molecule has 2 heterocycles. The largest absolute Gasteiger partial charge is 0.418 e. The van der Waals surface area contributed by atoms with Gasteiger partial charge in [0.05, 0.1) is 18.1 Å². The van der Waals surface area contributed by atoms with Crippen LogP contribution in [0.3, 0.4) is 0 Å². The first kappa shape index (κ1) is 40.4. The number of hydrogen-bond acceptors (Lipinski definition) is 10. The number of aromatic nitrogens is 2. The normalized spacial score (nSPS) is 13.8. The van der Waals surface area contributed by atoms with Crippen molar-refractivity contribution < 1.29 is 17.7 Å². The van der Waals surface area contributed by atoms with Gasteiger partial charge in [-0.05, 0) is 80.1 Å². The van der Waals surface area contributed by atoms with Gasteiger partial charge < -0.3 is 30.7 Å². The Morgan fingerprint density at radius 1 is 0.941 bits per heavy atom. The highest BCUT2D eigenvalue weighted by molar-refractivity contribution is 7.93. The molecule has 2 aliphatic rings. The number of piperazine rings is 1. The van der Waals surface area contributed by atoms with E-state index in [4.69, 9.17) is 15.5 Å². The first-order chi connectivity index (χ1) is 24.6. The van der Waals surface area contributed by atoms with E-state index in [1.807, 2.05) is 87.6 Å².